The van der Waals surface area contributed by atoms with Gasteiger partial charge in [-0.25, -0.2) is 0 Å². The van der Waals surface area contributed by atoms with Crippen LogP contribution >= 0.6 is 0 Å². The molecule has 0 spiro atoms. The molecule has 0 fully saturated rings. The van der Waals surface area contributed by atoms with Gasteiger partial charge in [0.15, 0.2) is 0 Å². The van der Waals surface area contributed by atoms with E-state index in [9.17, 15) is 0 Å². The average Bonchev–Trinajstić information content (AvgIpc) is 3.12. The van der Waals surface area contributed by atoms with Gasteiger partial charge in [0, 0.05) is 23.7 Å². The normalized spacial score (nSPS) is 15.4. The lowest BCUT2D eigenvalue weighted by Gasteiger charge is -2.19. The average molecular weight is 372 g/mol. The Bertz CT molecular complexity index is 958. The molecule has 1 aliphatic heterocycles. The molecule has 1 aliphatic rings. The van der Waals surface area contributed by atoms with Crippen molar-refractivity contribution >= 4 is 5.69 Å². The van der Waals surface area contributed by atoms with Crippen LogP contribution in [0, 0.1) is 13.8 Å². The van der Waals surface area contributed by atoms with Gasteiger partial charge in [0.05, 0.1) is 6.61 Å². The minimum atomic E-state index is 0.300. The van der Waals surface area contributed by atoms with Crippen LogP contribution in [-0.4, -0.2) is 6.61 Å². The van der Waals surface area contributed by atoms with Gasteiger partial charge >= 0.3 is 0 Å². The van der Waals surface area contributed by atoms with Gasteiger partial charge in [-0.3, -0.25) is 0 Å². The van der Waals surface area contributed by atoms with Crippen molar-refractivity contribution in [3.8, 4) is 5.75 Å². The summed E-state index contributed by atoms with van der Waals surface area (Å²) in [6.45, 7) is 10.4. The standard InChI is InChI=1S/C26H29NO/c1-17(2)21-10-12-22(13-11-21)23-16-28-24-14-18(3)26(19(4)25(23)24)27-15-20-8-6-5-7-9-20/h5-14,17,23,27H,15-16H2,1-4H3. The Labute approximate surface area is 168 Å². The maximum atomic E-state index is 6.09. The van der Waals surface area contributed by atoms with Crippen LogP contribution in [0.4, 0.5) is 5.69 Å². The molecule has 2 heteroatoms. The molecule has 4 rings (SSSR count). The molecule has 144 valence electrons. The molecule has 0 bridgehead atoms. The predicted octanol–water partition coefficient (Wildman–Crippen LogP) is 6.56. The number of ether oxygens (including phenoxy) is 1. The van der Waals surface area contributed by atoms with Crippen molar-refractivity contribution in [3.63, 3.8) is 0 Å². The lowest BCUT2D eigenvalue weighted by atomic mass is 9.87. The van der Waals surface area contributed by atoms with Crippen LogP contribution in [0.15, 0.2) is 60.7 Å². The van der Waals surface area contributed by atoms with Crippen molar-refractivity contribution in [1.82, 2.24) is 0 Å². The molecule has 1 atom stereocenters. The van der Waals surface area contributed by atoms with Gasteiger partial charge < -0.3 is 10.1 Å². The molecule has 2 nitrogen and oxygen atoms in total. The summed E-state index contributed by atoms with van der Waals surface area (Å²) < 4.78 is 6.09. The summed E-state index contributed by atoms with van der Waals surface area (Å²) in [6, 6.07) is 21.8. The van der Waals surface area contributed by atoms with Crippen LogP contribution in [-0.2, 0) is 6.54 Å². The van der Waals surface area contributed by atoms with Crippen LogP contribution < -0.4 is 10.1 Å². The molecule has 0 aliphatic carbocycles. The highest BCUT2D eigenvalue weighted by atomic mass is 16.5. The molecule has 1 heterocycles. The van der Waals surface area contributed by atoms with Crippen LogP contribution in [0.2, 0.25) is 0 Å². The molecule has 1 unspecified atom stereocenters. The van der Waals surface area contributed by atoms with Gasteiger partial charge in [-0.2, -0.15) is 0 Å². The van der Waals surface area contributed by atoms with Crippen LogP contribution in [0.3, 0.4) is 0 Å². The molecule has 28 heavy (non-hydrogen) atoms. The highest BCUT2D eigenvalue weighted by molar-refractivity contribution is 5.67. The number of rotatable bonds is 5. The summed E-state index contributed by atoms with van der Waals surface area (Å²) in [4.78, 5) is 0. The second-order valence-corrected chi connectivity index (χ2v) is 8.13. The van der Waals surface area contributed by atoms with Gasteiger partial charge in [0.2, 0.25) is 0 Å². The topological polar surface area (TPSA) is 21.3 Å². The predicted molar refractivity (Wildman–Crippen MR) is 118 cm³/mol. The monoisotopic (exact) mass is 371 g/mol. The van der Waals surface area contributed by atoms with Crippen LogP contribution in [0.5, 0.6) is 5.75 Å². The Hall–Kier alpha value is -2.74. The number of anilines is 1. The van der Waals surface area contributed by atoms with Crippen molar-refractivity contribution in [2.24, 2.45) is 0 Å². The lowest BCUT2D eigenvalue weighted by molar-refractivity contribution is 0.343. The van der Waals surface area contributed by atoms with Crippen molar-refractivity contribution in [1.29, 1.82) is 0 Å². The third kappa shape index (κ3) is 3.52. The molecule has 0 radical (unpaired) electrons. The number of aryl methyl sites for hydroxylation is 1. The fourth-order valence-electron chi connectivity index (χ4n) is 4.21. The molecule has 0 saturated heterocycles. The third-order valence-corrected chi connectivity index (χ3v) is 5.86. The molecular formula is C26H29NO. The summed E-state index contributed by atoms with van der Waals surface area (Å²) >= 11 is 0. The third-order valence-electron chi connectivity index (χ3n) is 5.86. The Kier molecular flexibility index (Phi) is 5.13. The van der Waals surface area contributed by atoms with E-state index in [0.717, 1.165) is 18.9 Å². The zero-order valence-corrected chi connectivity index (χ0v) is 17.3. The smallest absolute Gasteiger partial charge is 0.123 e. The Morgan fingerprint density at radius 3 is 2.39 bits per heavy atom. The van der Waals surface area contributed by atoms with Gasteiger partial charge in [-0.15, -0.1) is 0 Å². The zero-order valence-electron chi connectivity index (χ0n) is 17.3. The number of hydrogen-bond donors (Lipinski definition) is 1. The van der Waals surface area contributed by atoms with E-state index in [4.69, 9.17) is 4.74 Å². The highest BCUT2D eigenvalue weighted by Gasteiger charge is 2.29. The molecule has 0 amide bonds. The lowest BCUT2D eigenvalue weighted by Crippen LogP contribution is -2.07. The summed E-state index contributed by atoms with van der Waals surface area (Å²) in [7, 11) is 0. The summed E-state index contributed by atoms with van der Waals surface area (Å²) in [6.07, 6.45) is 0. The number of benzene rings is 3. The second-order valence-electron chi connectivity index (χ2n) is 8.13. The van der Waals surface area contributed by atoms with E-state index in [1.54, 1.807) is 0 Å². The number of nitrogens with one attached hydrogen (secondary N) is 1. The van der Waals surface area contributed by atoms with Gasteiger partial charge in [0.25, 0.3) is 0 Å². The fraction of sp³-hybridized carbons (Fsp3) is 0.308. The first-order valence-electron chi connectivity index (χ1n) is 10.2. The van der Waals surface area contributed by atoms with E-state index in [-0.39, 0.29) is 0 Å². The molecule has 1 N–H and O–H groups in total. The molecule has 0 aromatic heterocycles. The molecule has 3 aromatic carbocycles. The van der Waals surface area contributed by atoms with Crippen molar-refractivity contribution in [3.05, 3.63) is 94.0 Å². The molecule has 0 saturated carbocycles. The first-order valence-corrected chi connectivity index (χ1v) is 10.2. The van der Waals surface area contributed by atoms with Crippen LogP contribution in [0.1, 0.15) is 59.1 Å². The maximum Gasteiger partial charge on any atom is 0.123 e. The second kappa shape index (κ2) is 7.71. The number of fused-ring (bicyclic) bond motifs is 1. The minimum absolute atomic E-state index is 0.300. The van der Waals surface area contributed by atoms with E-state index in [2.05, 4.69) is 93.7 Å². The first-order chi connectivity index (χ1) is 13.5. The highest BCUT2D eigenvalue weighted by Crippen LogP contribution is 2.44. The number of hydrogen-bond acceptors (Lipinski definition) is 2. The Morgan fingerprint density at radius 1 is 1.00 bits per heavy atom. The fourth-order valence-corrected chi connectivity index (χ4v) is 4.21. The Balaban J connectivity index is 1.65. The van der Waals surface area contributed by atoms with Gasteiger partial charge in [-0.05, 0) is 53.6 Å². The quantitative estimate of drug-likeness (QED) is 0.548. The van der Waals surface area contributed by atoms with Crippen molar-refractivity contribution in [2.45, 2.75) is 46.1 Å². The van der Waals surface area contributed by atoms with E-state index in [1.807, 2.05) is 0 Å². The van der Waals surface area contributed by atoms with E-state index < -0.39 is 0 Å². The van der Waals surface area contributed by atoms with Crippen molar-refractivity contribution < 1.29 is 4.74 Å². The summed E-state index contributed by atoms with van der Waals surface area (Å²) in [5.41, 5.74) is 9.12. The van der Waals surface area contributed by atoms with E-state index in [1.165, 1.54) is 39.1 Å². The van der Waals surface area contributed by atoms with Gasteiger partial charge in [0.1, 0.15) is 5.75 Å². The largest absolute Gasteiger partial charge is 0.492 e. The SMILES string of the molecule is Cc1cc2c(c(C)c1NCc1ccccc1)C(c1ccc(C(C)C)cc1)CO2. The first kappa shape index (κ1) is 18.6. The van der Waals surface area contributed by atoms with Crippen LogP contribution in [0.25, 0.3) is 0 Å². The molecular weight excluding hydrogens is 342 g/mol. The summed E-state index contributed by atoms with van der Waals surface area (Å²) in [5, 5.41) is 3.67. The maximum absolute atomic E-state index is 6.09. The van der Waals surface area contributed by atoms with Crippen molar-refractivity contribution in [2.75, 3.05) is 11.9 Å². The van der Waals surface area contributed by atoms with E-state index in [0.29, 0.717) is 11.8 Å². The minimum Gasteiger partial charge on any atom is -0.492 e. The Morgan fingerprint density at radius 2 is 1.71 bits per heavy atom. The van der Waals surface area contributed by atoms with Gasteiger partial charge in [-0.1, -0.05) is 68.4 Å². The summed E-state index contributed by atoms with van der Waals surface area (Å²) in [5.74, 6) is 1.90. The zero-order chi connectivity index (χ0) is 19.7. The van der Waals surface area contributed by atoms with E-state index >= 15 is 0 Å². The molecule has 3 aromatic rings.